The smallest absolute Gasteiger partial charge is 0.343 e. The summed E-state index contributed by atoms with van der Waals surface area (Å²) in [5.41, 5.74) is 2.51. The highest BCUT2D eigenvalue weighted by atomic mass is 35.5. The molecular weight excluding hydrogens is 448 g/mol. The van der Waals surface area contributed by atoms with E-state index in [9.17, 15) is 13.2 Å². The first-order valence-corrected chi connectivity index (χ1v) is 11.8. The number of benzene rings is 3. The van der Waals surface area contributed by atoms with Gasteiger partial charge in [-0.3, -0.25) is 0 Å². The van der Waals surface area contributed by atoms with Gasteiger partial charge in [0.15, 0.2) is 0 Å². The van der Waals surface area contributed by atoms with Gasteiger partial charge in [-0.25, -0.2) is 13.2 Å². The molecule has 0 unspecified atom stereocenters. The third-order valence-electron chi connectivity index (χ3n) is 5.26. The normalized spacial score (nSPS) is 14.1. The van der Waals surface area contributed by atoms with Gasteiger partial charge >= 0.3 is 5.97 Å². The van der Waals surface area contributed by atoms with Gasteiger partial charge in [0.1, 0.15) is 10.6 Å². The Labute approximate surface area is 191 Å². The average molecular weight is 467 g/mol. The summed E-state index contributed by atoms with van der Waals surface area (Å²) < 4.78 is 32.6. The second-order valence-electron chi connectivity index (χ2n) is 7.36. The van der Waals surface area contributed by atoms with Crippen LogP contribution in [-0.2, 0) is 10.0 Å². The molecule has 1 aliphatic heterocycles. The first kappa shape index (κ1) is 22.0. The summed E-state index contributed by atoms with van der Waals surface area (Å²) in [5.74, 6) is -0.350. The number of carbonyl (C=O) groups is 1. The van der Waals surface area contributed by atoms with E-state index in [4.69, 9.17) is 21.6 Å². The Morgan fingerprint density at radius 2 is 1.53 bits per heavy atom. The molecular formula is C24H19ClN2O4S. The second-order valence-corrected chi connectivity index (χ2v) is 9.67. The lowest BCUT2D eigenvalue weighted by Gasteiger charge is -2.17. The van der Waals surface area contributed by atoms with E-state index in [2.05, 4.69) is 6.07 Å². The molecule has 1 heterocycles. The molecule has 0 spiro atoms. The molecule has 0 atom stereocenters. The van der Waals surface area contributed by atoms with Gasteiger partial charge in [0.25, 0.3) is 0 Å². The second kappa shape index (κ2) is 9.13. The summed E-state index contributed by atoms with van der Waals surface area (Å²) in [6, 6.07) is 20.3. The van der Waals surface area contributed by atoms with Crippen LogP contribution in [0.15, 0.2) is 71.6 Å². The van der Waals surface area contributed by atoms with Crippen molar-refractivity contribution in [1.82, 2.24) is 4.31 Å². The number of esters is 1. The van der Waals surface area contributed by atoms with Crippen molar-refractivity contribution in [3.05, 3.63) is 82.9 Å². The van der Waals surface area contributed by atoms with Crippen LogP contribution >= 0.6 is 11.6 Å². The zero-order chi connectivity index (χ0) is 22.7. The standard InChI is InChI=1S/C24H19ClN2O4S/c25-22-12-9-20(15-23(22)32(29,30)27-13-1-2-14-27)24(28)31-21-10-7-19(8-11-21)18-5-3-17(16-26)4-6-18/h3-12,15H,1-2,13-14H2. The molecule has 1 fully saturated rings. The molecule has 3 aromatic rings. The molecule has 0 saturated carbocycles. The Bertz CT molecular complexity index is 1290. The minimum atomic E-state index is -3.77. The van der Waals surface area contributed by atoms with Crippen LogP contribution in [0, 0.1) is 11.3 Å². The third-order valence-corrected chi connectivity index (χ3v) is 7.64. The number of hydrogen-bond acceptors (Lipinski definition) is 5. The zero-order valence-electron chi connectivity index (χ0n) is 17.0. The lowest BCUT2D eigenvalue weighted by molar-refractivity contribution is 0.0734. The summed E-state index contributed by atoms with van der Waals surface area (Å²) in [5, 5.41) is 8.97. The lowest BCUT2D eigenvalue weighted by atomic mass is 10.0. The number of sulfonamides is 1. The van der Waals surface area contributed by atoms with E-state index >= 15 is 0 Å². The van der Waals surface area contributed by atoms with Crippen molar-refractivity contribution in [3.8, 4) is 22.9 Å². The maximum atomic E-state index is 12.9. The maximum Gasteiger partial charge on any atom is 0.343 e. The molecule has 162 valence electrons. The molecule has 0 aliphatic carbocycles. The Kier molecular flexibility index (Phi) is 6.28. The van der Waals surface area contributed by atoms with E-state index in [-0.39, 0.29) is 15.5 Å². The van der Waals surface area contributed by atoms with Gasteiger partial charge < -0.3 is 4.74 Å². The summed E-state index contributed by atoms with van der Waals surface area (Å²) in [6.45, 7) is 0.887. The monoisotopic (exact) mass is 466 g/mol. The van der Waals surface area contributed by atoms with Crippen molar-refractivity contribution in [2.45, 2.75) is 17.7 Å². The SMILES string of the molecule is N#Cc1ccc(-c2ccc(OC(=O)c3ccc(Cl)c(S(=O)(=O)N4CCCC4)c3)cc2)cc1. The summed E-state index contributed by atoms with van der Waals surface area (Å²) >= 11 is 6.14. The van der Waals surface area contributed by atoms with Gasteiger partial charge in [0.05, 0.1) is 22.2 Å². The Morgan fingerprint density at radius 3 is 2.12 bits per heavy atom. The van der Waals surface area contributed by atoms with Gasteiger partial charge in [0, 0.05) is 13.1 Å². The van der Waals surface area contributed by atoms with E-state index in [0.29, 0.717) is 24.4 Å². The molecule has 3 aromatic carbocycles. The van der Waals surface area contributed by atoms with Crippen LogP contribution in [0.4, 0.5) is 0 Å². The fourth-order valence-electron chi connectivity index (χ4n) is 3.51. The van der Waals surface area contributed by atoms with Gasteiger partial charge in [-0.2, -0.15) is 9.57 Å². The molecule has 8 heteroatoms. The molecule has 1 aliphatic rings. The van der Waals surface area contributed by atoms with Crippen LogP contribution < -0.4 is 4.74 Å². The summed E-state index contributed by atoms with van der Waals surface area (Å²) in [4.78, 5) is 12.6. The Hall–Kier alpha value is -3.18. The number of halogens is 1. The molecule has 0 amide bonds. The molecule has 0 N–H and O–H groups in total. The Balaban J connectivity index is 1.52. The largest absolute Gasteiger partial charge is 0.423 e. The summed E-state index contributed by atoms with van der Waals surface area (Å²) in [7, 11) is -3.77. The molecule has 4 rings (SSSR count). The molecule has 32 heavy (non-hydrogen) atoms. The van der Waals surface area contributed by atoms with Gasteiger partial charge in [0.2, 0.25) is 10.0 Å². The van der Waals surface area contributed by atoms with Gasteiger partial charge in [-0.15, -0.1) is 0 Å². The minimum Gasteiger partial charge on any atom is -0.423 e. The lowest BCUT2D eigenvalue weighted by Crippen LogP contribution is -2.28. The van der Waals surface area contributed by atoms with Crippen molar-refractivity contribution >= 4 is 27.6 Å². The van der Waals surface area contributed by atoms with E-state index in [1.54, 1.807) is 36.4 Å². The fourth-order valence-corrected chi connectivity index (χ4v) is 5.53. The fraction of sp³-hybridized carbons (Fsp3) is 0.167. The molecule has 0 radical (unpaired) electrons. The predicted molar refractivity (Wildman–Crippen MR) is 121 cm³/mol. The number of carbonyl (C=O) groups excluding carboxylic acids is 1. The first-order chi connectivity index (χ1) is 15.4. The first-order valence-electron chi connectivity index (χ1n) is 10.0. The predicted octanol–water partition coefficient (Wildman–Crippen LogP) is 4.88. The van der Waals surface area contributed by atoms with Crippen molar-refractivity contribution in [2.75, 3.05) is 13.1 Å². The van der Waals surface area contributed by atoms with Crippen LogP contribution in [0.5, 0.6) is 5.75 Å². The van der Waals surface area contributed by atoms with Crippen LogP contribution in [0.3, 0.4) is 0 Å². The van der Waals surface area contributed by atoms with Crippen molar-refractivity contribution in [3.63, 3.8) is 0 Å². The number of nitrogens with zero attached hydrogens (tertiary/aromatic N) is 2. The number of nitriles is 1. The Morgan fingerprint density at radius 1 is 0.938 bits per heavy atom. The minimum absolute atomic E-state index is 0.0696. The quantitative estimate of drug-likeness (QED) is 0.395. The molecule has 0 bridgehead atoms. The summed E-state index contributed by atoms with van der Waals surface area (Å²) in [6.07, 6.45) is 1.61. The molecule has 0 aromatic heterocycles. The highest BCUT2D eigenvalue weighted by Gasteiger charge is 2.30. The van der Waals surface area contributed by atoms with E-state index < -0.39 is 16.0 Å². The van der Waals surface area contributed by atoms with Gasteiger partial charge in [-0.1, -0.05) is 35.9 Å². The molecule has 6 nitrogen and oxygen atoms in total. The highest BCUT2D eigenvalue weighted by molar-refractivity contribution is 7.89. The van der Waals surface area contributed by atoms with Crippen molar-refractivity contribution in [1.29, 1.82) is 5.26 Å². The average Bonchev–Trinajstić information content (AvgIpc) is 3.36. The van der Waals surface area contributed by atoms with Crippen LogP contribution in [0.25, 0.3) is 11.1 Å². The van der Waals surface area contributed by atoms with E-state index in [1.165, 1.54) is 22.5 Å². The zero-order valence-corrected chi connectivity index (χ0v) is 18.6. The van der Waals surface area contributed by atoms with Gasteiger partial charge in [-0.05, 0) is 66.4 Å². The van der Waals surface area contributed by atoms with Crippen LogP contribution in [-0.4, -0.2) is 31.8 Å². The van der Waals surface area contributed by atoms with Crippen molar-refractivity contribution in [2.24, 2.45) is 0 Å². The van der Waals surface area contributed by atoms with E-state index in [0.717, 1.165) is 24.0 Å². The number of ether oxygens (including phenoxy) is 1. The third kappa shape index (κ3) is 4.53. The topological polar surface area (TPSA) is 87.5 Å². The van der Waals surface area contributed by atoms with Crippen molar-refractivity contribution < 1.29 is 17.9 Å². The molecule has 1 saturated heterocycles. The number of rotatable bonds is 5. The van der Waals surface area contributed by atoms with E-state index in [1.807, 2.05) is 12.1 Å². The maximum absolute atomic E-state index is 12.9. The number of hydrogen-bond donors (Lipinski definition) is 0. The van der Waals surface area contributed by atoms with Crippen LogP contribution in [0.2, 0.25) is 5.02 Å². The highest BCUT2D eigenvalue weighted by Crippen LogP contribution is 2.29. The van der Waals surface area contributed by atoms with Crippen LogP contribution in [0.1, 0.15) is 28.8 Å².